The van der Waals surface area contributed by atoms with Crippen molar-refractivity contribution in [2.45, 2.75) is 38.3 Å². The van der Waals surface area contributed by atoms with Crippen molar-refractivity contribution in [1.29, 1.82) is 0 Å². The fourth-order valence-electron chi connectivity index (χ4n) is 3.51. The summed E-state index contributed by atoms with van der Waals surface area (Å²) in [6, 6.07) is 9.02. The average Bonchev–Trinajstić information content (AvgIpc) is 3.16. The van der Waals surface area contributed by atoms with Crippen molar-refractivity contribution >= 4 is 62.6 Å². The van der Waals surface area contributed by atoms with Crippen molar-refractivity contribution in [3.8, 4) is 0 Å². The third kappa shape index (κ3) is 6.96. The molecule has 1 amide bonds. The predicted molar refractivity (Wildman–Crippen MR) is 141 cm³/mol. The van der Waals surface area contributed by atoms with E-state index in [-0.39, 0.29) is 27.1 Å². The zero-order valence-electron chi connectivity index (χ0n) is 19.2. The molecule has 6 nitrogen and oxygen atoms in total. The lowest BCUT2D eigenvalue weighted by Crippen LogP contribution is -2.20. The second-order valence-electron chi connectivity index (χ2n) is 8.71. The maximum atomic E-state index is 13.4. The van der Waals surface area contributed by atoms with Crippen molar-refractivity contribution in [2.24, 2.45) is 0 Å². The molecule has 0 bridgehead atoms. The first kappa shape index (κ1) is 30.0. The highest BCUT2D eigenvalue weighted by Crippen LogP contribution is 2.42. The van der Waals surface area contributed by atoms with Crippen LogP contribution in [0.3, 0.4) is 0 Å². The largest absolute Gasteiger partial charge is 0.417 e. The van der Waals surface area contributed by atoms with Gasteiger partial charge in [0.1, 0.15) is 0 Å². The summed E-state index contributed by atoms with van der Waals surface area (Å²) in [4.78, 5) is 28.8. The smallest absolute Gasteiger partial charge is 0.298 e. The number of nitrogens with one attached hydrogen (secondary N) is 1. The number of benzene rings is 2. The minimum atomic E-state index is -4.72. The highest BCUT2D eigenvalue weighted by molar-refractivity contribution is 8.93. The molecule has 1 atom stereocenters. The van der Waals surface area contributed by atoms with E-state index < -0.39 is 46.0 Å². The topological polar surface area (TPSA) is 85.1 Å². The molecule has 0 radical (unpaired) electrons. The molecule has 0 aliphatic heterocycles. The number of aromatic nitrogens is 1. The van der Waals surface area contributed by atoms with E-state index in [2.05, 4.69) is 10.3 Å². The monoisotopic (exact) mass is 625 g/mol. The quantitative estimate of drug-likeness (QED) is 0.222. The molecular formula is C23H21BrCl2F3N3O3S. The van der Waals surface area contributed by atoms with Crippen molar-refractivity contribution in [1.82, 2.24) is 4.98 Å². The Hall–Kier alpha value is -2.21. The first-order chi connectivity index (χ1) is 16.2. The van der Waals surface area contributed by atoms with Gasteiger partial charge in [0.2, 0.25) is 6.54 Å². The number of carbonyl (C=O) groups is 1. The van der Waals surface area contributed by atoms with Crippen LogP contribution in [0.15, 0.2) is 42.5 Å². The Morgan fingerprint density at radius 3 is 2.36 bits per heavy atom. The van der Waals surface area contributed by atoms with E-state index >= 15 is 0 Å². The van der Waals surface area contributed by atoms with Gasteiger partial charge in [0, 0.05) is 25.3 Å². The number of rotatable bonds is 6. The first-order valence-corrected chi connectivity index (χ1v) is 11.8. The Kier molecular flexibility index (Phi) is 9.55. The van der Waals surface area contributed by atoms with Crippen LogP contribution < -0.4 is 5.32 Å². The SMILES string of the molecule is Br.CC(C)(C)c1nc(NC(=O)c2ccccc2C(F)(F)F)sc1C(C[N+](=O)[O-])c1ccc(Cl)cc1Cl. The minimum Gasteiger partial charge on any atom is -0.298 e. The number of nitro groups is 1. The third-order valence-electron chi connectivity index (χ3n) is 5.05. The number of halogens is 6. The van der Waals surface area contributed by atoms with Gasteiger partial charge in [0.15, 0.2) is 5.13 Å². The number of thiazole rings is 1. The van der Waals surface area contributed by atoms with Gasteiger partial charge in [-0.25, -0.2) is 4.98 Å². The van der Waals surface area contributed by atoms with Crippen molar-refractivity contribution in [3.63, 3.8) is 0 Å². The van der Waals surface area contributed by atoms with Crippen LogP contribution in [0.1, 0.15) is 58.7 Å². The molecule has 0 spiro atoms. The van der Waals surface area contributed by atoms with Crippen LogP contribution in [0.5, 0.6) is 0 Å². The van der Waals surface area contributed by atoms with E-state index in [1.807, 2.05) is 20.8 Å². The van der Waals surface area contributed by atoms with Crippen LogP contribution in [0, 0.1) is 10.1 Å². The standard InChI is InChI=1S/C23H20Cl2F3N3O3S.BrH/c1-22(2,3)19-18(15(11-31(33)34)13-9-8-12(24)10-17(13)25)35-21(29-19)30-20(32)14-6-4-5-7-16(14)23(26,27)28;/h4-10,15H,11H2,1-3H3,(H,29,30,32);1H. The average molecular weight is 627 g/mol. The second-order valence-corrected chi connectivity index (χ2v) is 10.6. The molecule has 3 rings (SSSR count). The molecule has 0 fully saturated rings. The van der Waals surface area contributed by atoms with Gasteiger partial charge in [-0.3, -0.25) is 20.2 Å². The van der Waals surface area contributed by atoms with Gasteiger partial charge in [-0.05, 0) is 29.8 Å². The van der Waals surface area contributed by atoms with E-state index in [4.69, 9.17) is 23.2 Å². The first-order valence-electron chi connectivity index (χ1n) is 10.2. The normalized spacial score (nSPS) is 12.6. The van der Waals surface area contributed by atoms with Crippen molar-refractivity contribution in [3.05, 3.63) is 89.9 Å². The van der Waals surface area contributed by atoms with E-state index in [1.165, 1.54) is 18.2 Å². The molecule has 0 aliphatic carbocycles. The molecule has 36 heavy (non-hydrogen) atoms. The number of anilines is 1. The molecule has 0 aliphatic rings. The van der Waals surface area contributed by atoms with Crippen molar-refractivity contribution in [2.75, 3.05) is 11.9 Å². The molecule has 1 heterocycles. The van der Waals surface area contributed by atoms with Crippen LogP contribution in [-0.4, -0.2) is 22.4 Å². The van der Waals surface area contributed by atoms with Crippen LogP contribution in [0.4, 0.5) is 18.3 Å². The summed E-state index contributed by atoms with van der Waals surface area (Å²) in [6.07, 6.45) is -4.72. The maximum Gasteiger partial charge on any atom is 0.417 e. The Morgan fingerprint density at radius 1 is 1.17 bits per heavy atom. The van der Waals surface area contributed by atoms with Crippen LogP contribution in [0.2, 0.25) is 10.0 Å². The Bertz CT molecular complexity index is 1280. The fraction of sp³-hybridized carbons (Fsp3) is 0.304. The highest BCUT2D eigenvalue weighted by atomic mass is 79.9. The van der Waals surface area contributed by atoms with Gasteiger partial charge in [-0.15, -0.1) is 28.3 Å². The summed E-state index contributed by atoms with van der Waals surface area (Å²) in [5.74, 6) is -1.82. The summed E-state index contributed by atoms with van der Waals surface area (Å²) in [6.45, 7) is 4.99. The second kappa shape index (κ2) is 11.5. The minimum absolute atomic E-state index is 0. The molecule has 0 saturated heterocycles. The van der Waals surface area contributed by atoms with Crippen LogP contribution >= 0.6 is 51.5 Å². The number of amides is 1. The molecular weight excluding hydrogens is 606 g/mol. The van der Waals surface area contributed by atoms with Crippen LogP contribution in [-0.2, 0) is 11.6 Å². The number of alkyl halides is 3. The molecule has 13 heteroatoms. The molecule has 194 valence electrons. The Balaban J connectivity index is 0.00000456. The van der Waals surface area contributed by atoms with E-state index in [0.717, 1.165) is 23.5 Å². The van der Waals surface area contributed by atoms with E-state index in [0.29, 0.717) is 21.2 Å². The number of carbonyl (C=O) groups excluding carboxylic acids is 1. The highest BCUT2D eigenvalue weighted by Gasteiger charge is 2.36. The van der Waals surface area contributed by atoms with Gasteiger partial charge in [-0.1, -0.05) is 62.2 Å². The molecule has 1 N–H and O–H groups in total. The van der Waals surface area contributed by atoms with Crippen molar-refractivity contribution < 1.29 is 22.9 Å². The third-order valence-corrected chi connectivity index (χ3v) is 6.69. The molecule has 0 saturated carbocycles. The summed E-state index contributed by atoms with van der Waals surface area (Å²) < 4.78 is 40.1. The lowest BCUT2D eigenvalue weighted by atomic mass is 9.86. The van der Waals surface area contributed by atoms with Gasteiger partial charge in [0.25, 0.3) is 5.91 Å². The zero-order chi connectivity index (χ0) is 26.1. The van der Waals surface area contributed by atoms with Crippen LogP contribution in [0.25, 0.3) is 0 Å². The predicted octanol–water partition coefficient (Wildman–Crippen LogP) is 8.01. The van der Waals surface area contributed by atoms with E-state index in [1.54, 1.807) is 12.1 Å². The number of hydrogen-bond donors (Lipinski definition) is 1. The molecule has 1 unspecified atom stereocenters. The summed E-state index contributed by atoms with van der Waals surface area (Å²) >= 11 is 13.3. The Morgan fingerprint density at radius 2 is 1.81 bits per heavy atom. The van der Waals surface area contributed by atoms with E-state index in [9.17, 15) is 28.1 Å². The Labute approximate surface area is 229 Å². The summed E-state index contributed by atoms with van der Waals surface area (Å²) in [5.41, 5.74) is -1.34. The lowest BCUT2D eigenvalue weighted by Gasteiger charge is -2.21. The van der Waals surface area contributed by atoms with Gasteiger partial charge in [0.05, 0.1) is 22.7 Å². The summed E-state index contributed by atoms with van der Waals surface area (Å²) in [7, 11) is 0. The van der Waals surface area contributed by atoms with Gasteiger partial charge < -0.3 is 0 Å². The van der Waals surface area contributed by atoms with Gasteiger partial charge in [-0.2, -0.15) is 13.2 Å². The molecule has 3 aromatic rings. The summed E-state index contributed by atoms with van der Waals surface area (Å²) in [5, 5.41) is 14.6. The maximum absolute atomic E-state index is 13.4. The van der Waals surface area contributed by atoms with Gasteiger partial charge >= 0.3 is 6.18 Å². The fourth-order valence-corrected chi connectivity index (χ4v) is 5.33. The molecule has 1 aromatic heterocycles. The zero-order valence-corrected chi connectivity index (χ0v) is 23.2. The molecule has 2 aromatic carbocycles. The number of hydrogen-bond acceptors (Lipinski definition) is 5. The number of nitrogens with zero attached hydrogens (tertiary/aromatic N) is 2. The lowest BCUT2D eigenvalue weighted by molar-refractivity contribution is -0.481.